The highest BCUT2D eigenvalue weighted by Crippen LogP contribution is 2.41. The summed E-state index contributed by atoms with van der Waals surface area (Å²) in [6.07, 6.45) is 1.61. The molecule has 11 heteroatoms. The molecule has 2 aliphatic heterocycles. The molecule has 0 spiro atoms. The largest absolute Gasteiger partial charge is 0.331 e. The van der Waals surface area contributed by atoms with E-state index in [4.69, 9.17) is 0 Å². The number of thiophene rings is 1. The van der Waals surface area contributed by atoms with Crippen molar-refractivity contribution in [2.45, 2.75) is 39.6 Å². The van der Waals surface area contributed by atoms with Crippen molar-refractivity contribution >= 4 is 48.5 Å². The lowest BCUT2D eigenvalue weighted by Gasteiger charge is -2.42. The van der Waals surface area contributed by atoms with Crippen LogP contribution in [0.3, 0.4) is 0 Å². The van der Waals surface area contributed by atoms with E-state index in [-0.39, 0.29) is 43.0 Å². The number of carbonyl (C=O) groups is 3. The first-order chi connectivity index (χ1) is 17.3. The fourth-order valence-corrected chi connectivity index (χ4v) is 6.43. The molecule has 3 aromatic rings. The molecule has 0 aromatic carbocycles. The summed E-state index contributed by atoms with van der Waals surface area (Å²) >= 11 is 1.38. The number of alkyl halides is 1. The van der Waals surface area contributed by atoms with Gasteiger partial charge >= 0.3 is 0 Å². The zero-order valence-corrected chi connectivity index (χ0v) is 22.8. The van der Waals surface area contributed by atoms with Crippen molar-refractivity contribution < 1.29 is 18.8 Å². The van der Waals surface area contributed by atoms with Gasteiger partial charge in [0, 0.05) is 28.1 Å². The van der Waals surface area contributed by atoms with Gasteiger partial charge in [-0.2, -0.15) is 5.26 Å². The van der Waals surface area contributed by atoms with Crippen LogP contribution >= 0.6 is 20.6 Å². The average molecular weight is 538 g/mol. The molecule has 0 aliphatic carbocycles. The predicted molar refractivity (Wildman–Crippen MR) is 140 cm³/mol. The molecule has 0 N–H and O–H groups in total. The number of hydrogen-bond donors (Lipinski definition) is 0. The molecule has 0 bridgehead atoms. The van der Waals surface area contributed by atoms with Crippen LogP contribution in [0.15, 0.2) is 24.4 Å². The second kappa shape index (κ2) is 8.64. The van der Waals surface area contributed by atoms with E-state index < -0.39 is 16.7 Å². The van der Waals surface area contributed by atoms with Crippen LogP contribution < -0.4 is 0 Å². The molecular formula is C26H25FN5O3PS. The van der Waals surface area contributed by atoms with Crippen LogP contribution in [0.4, 0.5) is 4.39 Å². The molecule has 3 aromatic heterocycles. The summed E-state index contributed by atoms with van der Waals surface area (Å²) in [7, 11) is 2.13. The van der Waals surface area contributed by atoms with Gasteiger partial charge in [-0.25, -0.2) is 9.37 Å². The van der Waals surface area contributed by atoms with Gasteiger partial charge in [0.15, 0.2) is 5.41 Å². The first kappa shape index (κ1) is 25.4. The van der Waals surface area contributed by atoms with E-state index in [9.17, 15) is 24.0 Å². The number of nitriles is 1. The van der Waals surface area contributed by atoms with Crippen LogP contribution in [0.5, 0.6) is 0 Å². The Morgan fingerprint density at radius 1 is 1.30 bits per heavy atom. The molecule has 37 heavy (non-hydrogen) atoms. The lowest BCUT2D eigenvalue weighted by molar-refractivity contribution is -0.141. The summed E-state index contributed by atoms with van der Waals surface area (Å²) < 4.78 is 14.9. The van der Waals surface area contributed by atoms with Gasteiger partial charge in [0.2, 0.25) is 11.8 Å². The Morgan fingerprint density at radius 2 is 2.00 bits per heavy atom. The topological polar surface area (TPSA) is 107 Å². The van der Waals surface area contributed by atoms with Crippen LogP contribution in [0, 0.1) is 29.6 Å². The highest BCUT2D eigenvalue weighted by molar-refractivity contribution is 7.19. The molecule has 3 amide bonds. The summed E-state index contributed by atoms with van der Waals surface area (Å²) in [5.74, 6) is -1.18. The molecule has 8 nitrogen and oxygen atoms in total. The van der Waals surface area contributed by atoms with E-state index in [1.807, 2.05) is 12.1 Å². The number of aromatic nitrogens is 2. The number of carbonyl (C=O) groups excluding carboxylic acids is 3. The first-order valence-corrected chi connectivity index (χ1v) is 13.2. The van der Waals surface area contributed by atoms with E-state index in [0.29, 0.717) is 27.9 Å². The second-order valence-corrected chi connectivity index (χ2v) is 12.5. The van der Waals surface area contributed by atoms with Crippen molar-refractivity contribution in [2.75, 3.05) is 13.1 Å². The maximum atomic E-state index is 14.1. The Kier molecular flexibility index (Phi) is 5.93. The molecule has 2 atom stereocenters. The SMILES string of the molecule is Cc1nc(C#N)cc(-c2ccnc3cc(CN4C(=O)C(C)C(C)(C)C4=O)sc23)c1C(=O)N1CC(F)(P)C1. The van der Waals surface area contributed by atoms with Crippen molar-refractivity contribution in [2.24, 2.45) is 11.3 Å². The molecule has 5 rings (SSSR count). The lowest BCUT2D eigenvalue weighted by atomic mass is 9.82. The highest BCUT2D eigenvalue weighted by Gasteiger charge is 2.51. The van der Waals surface area contributed by atoms with Gasteiger partial charge in [-0.05, 0) is 25.1 Å². The smallest absolute Gasteiger partial charge is 0.256 e. The number of imide groups is 1. The van der Waals surface area contributed by atoms with E-state index >= 15 is 0 Å². The predicted octanol–water partition coefficient (Wildman–Crippen LogP) is 4.07. The zero-order valence-electron chi connectivity index (χ0n) is 20.8. The van der Waals surface area contributed by atoms with Crippen molar-refractivity contribution in [1.82, 2.24) is 19.8 Å². The number of hydrogen-bond acceptors (Lipinski definition) is 7. The Morgan fingerprint density at radius 3 is 2.59 bits per heavy atom. The van der Waals surface area contributed by atoms with E-state index in [1.165, 1.54) is 21.1 Å². The third-order valence-corrected chi connectivity index (χ3v) is 8.81. The van der Waals surface area contributed by atoms with Crippen molar-refractivity contribution in [1.29, 1.82) is 5.26 Å². The minimum atomic E-state index is -1.51. The maximum absolute atomic E-state index is 14.1. The number of pyridine rings is 2. The molecule has 190 valence electrons. The Labute approximate surface area is 219 Å². The van der Waals surface area contributed by atoms with Gasteiger partial charge in [0.05, 0.1) is 46.5 Å². The van der Waals surface area contributed by atoms with E-state index in [0.717, 1.165) is 9.58 Å². The molecule has 0 saturated carbocycles. The highest BCUT2D eigenvalue weighted by atomic mass is 32.1. The Hall–Kier alpha value is -3.28. The molecule has 2 fully saturated rings. The van der Waals surface area contributed by atoms with Crippen LogP contribution in [0.1, 0.15) is 47.4 Å². The van der Waals surface area contributed by atoms with Gasteiger partial charge in [0.25, 0.3) is 5.91 Å². The van der Waals surface area contributed by atoms with Gasteiger partial charge in [-0.3, -0.25) is 24.3 Å². The third-order valence-electron chi connectivity index (χ3n) is 7.31. The van der Waals surface area contributed by atoms with Crippen LogP contribution in [0.2, 0.25) is 0 Å². The molecule has 2 unspecified atom stereocenters. The minimum Gasteiger partial charge on any atom is -0.331 e. The van der Waals surface area contributed by atoms with Crippen molar-refractivity contribution in [3.8, 4) is 17.2 Å². The zero-order chi connectivity index (χ0) is 26.9. The van der Waals surface area contributed by atoms with Gasteiger partial charge < -0.3 is 4.90 Å². The number of rotatable bonds is 4. The number of fused-ring (bicyclic) bond motifs is 1. The molecule has 5 heterocycles. The number of aryl methyl sites for hydroxylation is 1. The number of nitrogens with zero attached hydrogens (tertiary/aromatic N) is 5. The molecule has 0 radical (unpaired) electrons. The minimum absolute atomic E-state index is 0.0447. The van der Waals surface area contributed by atoms with Crippen LogP contribution in [-0.4, -0.2) is 56.0 Å². The maximum Gasteiger partial charge on any atom is 0.256 e. The van der Waals surface area contributed by atoms with E-state index in [2.05, 4.69) is 19.2 Å². The van der Waals surface area contributed by atoms with Crippen LogP contribution in [0.25, 0.3) is 21.3 Å². The summed E-state index contributed by atoms with van der Waals surface area (Å²) in [6, 6.07) is 7.21. The first-order valence-electron chi connectivity index (χ1n) is 11.8. The van der Waals surface area contributed by atoms with Gasteiger partial charge in [0.1, 0.15) is 11.8 Å². The van der Waals surface area contributed by atoms with Gasteiger partial charge in [-0.1, -0.05) is 30.0 Å². The Bertz CT molecular complexity index is 1530. The summed E-state index contributed by atoms with van der Waals surface area (Å²) in [5.41, 5.74) is 1.92. The normalized spacial score (nSPS) is 20.3. The Balaban J connectivity index is 1.58. The number of amides is 3. The summed E-state index contributed by atoms with van der Waals surface area (Å²) in [4.78, 5) is 51.3. The quantitative estimate of drug-likeness (QED) is 0.367. The van der Waals surface area contributed by atoms with Gasteiger partial charge in [-0.15, -0.1) is 11.3 Å². The fourth-order valence-electron chi connectivity index (χ4n) is 4.86. The average Bonchev–Trinajstić information content (AvgIpc) is 3.31. The standard InChI is InChI=1S/C26H25FN5O3PS/c1-13-22(33)32(24(35)25(13,3)4)10-16-8-19-21(37-16)17(5-6-29-19)18-7-15(9-28)30-14(2)20(18)23(34)31-11-26(27,36)12-31/h5-8,13H,10-12,36H2,1-4H3. The summed E-state index contributed by atoms with van der Waals surface area (Å²) in [5, 5.41) is 8.04. The van der Waals surface area contributed by atoms with Crippen LogP contribution in [-0.2, 0) is 16.1 Å². The monoisotopic (exact) mass is 537 g/mol. The molecular weight excluding hydrogens is 512 g/mol. The lowest BCUT2D eigenvalue weighted by Crippen LogP contribution is -2.57. The fraction of sp³-hybridized carbons (Fsp3) is 0.385. The number of halogens is 1. The second-order valence-electron chi connectivity index (χ2n) is 10.3. The summed E-state index contributed by atoms with van der Waals surface area (Å²) in [6.45, 7) is 7.03. The van der Waals surface area contributed by atoms with Crippen molar-refractivity contribution in [3.63, 3.8) is 0 Å². The molecule has 2 aliphatic rings. The van der Waals surface area contributed by atoms with E-state index in [1.54, 1.807) is 46.0 Å². The third kappa shape index (κ3) is 4.11. The number of likely N-dealkylation sites (tertiary alicyclic amines) is 2. The molecule has 2 saturated heterocycles. The van der Waals surface area contributed by atoms with Crippen molar-refractivity contribution in [3.05, 3.63) is 46.2 Å².